The number of carbonyl (C=O) groups is 6. The first-order chi connectivity index (χ1) is 13.3. The molecule has 0 saturated carbocycles. The summed E-state index contributed by atoms with van der Waals surface area (Å²) in [6.45, 7) is 0. The number of hydrogen-bond donors (Lipinski definition) is 6. The van der Waals surface area contributed by atoms with E-state index in [4.69, 9.17) is 0 Å². The van der Waals surface area contributed by atoms with Crippen LogP contribution in [0.15, 0.2) is 23.1 Å². The summed E-state index contributed by atoms with van der Waals surface area (Å²) in [7, 11) is 0. The number of carbonyl (C=O) groups excluding carboxylic acids is 6. The molecule has 8 amide bonds. The molecule has 1 aromatic carbocycles. The maximum absolute atomic E-state index is 12.2. The van der Waals surface area contributed by atoms with Crippen LogP contribution in [0.25, 0.3) is 21.9 Å². The molecule has 0 bridgehead atoms. The van der Waals surface area contributed by atoms with Crippen LogP contribution in [0.4, 0.5) is 9.59 Å². The third-order valence-electron chi connectivity index (χ3n) is 4.11. The standard InChI is InChI=1S/C16H9N5O6S/c22-11-7(12(23)19-15(26)18-11)9-5-2-1-4(28)3-6(5)10(17-9)8-13(24)20-16(27)21-14(8)25/h1-3,17,28H,(H2,18,19,22,23,26)(H2,20,21,24,25,27). The van der Waals surface area contributed by atoms with Crippen molar-refractivity contribution in [3.63, 3.8) is 0 Å². The van der Waals surface area contributed by atoms with Gasteiger partial charge in [-0.2, -0.15) is 0 Å². The Morgan fingerprint density at radius 1 is 0.607 bits per heavy atom. The SMILES string of the molecule is O=C1NC(=O)C(=c2[nH]c(=C3C(=O)NC(=O)NC3=O)c3cc(S)ccc23)C(=O)N1. The summed E-state index contributed by atoms with van der Waals surface area (Å²) in [5.74, 6) is -3.80. The fourth-order valence-corrected chi connectivity index (χ4v) is 3.20. The van der Waals surface area contributed by atoms with E-state index in [-0.39, 0.29) is 10.7 Å². The average molecular weight is 399 g/mol. The molecule has 140 valence electrons. The van der Waals surface area contributed by atoms with Gasteiger partial charge in [0, 0.05) is 15.7 Å². The largest absolute Gasteiger partial charge is 0.353 e. The van der Waals surface area contributed by atoms with Crippen LogP contribution in [0, 0.1) is 0 Å². The van der Waals surface area contributed by atoms with Gasteiger partial charge in [0.2, 0.25) is 0 Å². The summed E-state index contributed by atoms with van der Waals surface area (Å²) in [6, 6.07) is 2.69. The van der Waals surface area contributed by atoms with E-state index in [1.807, 2.05) is 21.3 Å². The molecule has 0 spiro atoms. The number of amides is 8. The van der Waals surface area contributed by atoms with E-state index < -0.39 is 46.8 Å². The number of aromatic nitrogens is 1. The van der Waals surface area contributed by atoms with E-state index in [0.29, 0.717) is 15.7 Å². The van der Waals surface area contributed by atoms with Crippen molar-refractivity contribution in [2.75, 3.05) is 0 Å². The van der Waals surface area contributed by atoms with Crippen molar-refractivity contribution in [1.29, 1.82) is 0 Å². The Balaban J connectivity index is 2.16. The lowest BCUT2D eigenvalue weighted by Crippen LogP contribution is -2.53. The minimum absolute atomic E-state index is 0.00849. The normalized spacial score (nSPS) is 17.5. The number of urea groups is 2. The van der Waals surface area contributed by atoms with Gasteiger partial charge in [-0.15, -0.1) is 12.6 Å². The lowest BCUT2D eigenvalue weighted by molar-refractivity contribution is -0.122. The number of hydrogen-bond acceptors (Lipinski definition) is 7. The van der Waals surface area contributed by atoms with Crippen molar-refractivity contribution >= 4 is 70.2 Å². The van der Waals surface area contributed by atoms with Crippen molar-refractivity contribution in [3.05, 3.63) is 28.9 Å². The second-order valence-corrected chi connectivity index (χ2v) is 6.35. The second kappa shape index (κ2) is 6.06. The molecule has 2 fully saturated rings. The monoisotopic (exact) mass is 399 g/mol. The maximum atomic E-state index is 12.2. The summed E-state index contributed by atoms with van der Waals surface area (Å²) < 4.78 is 0. The molecule has 0 aliphatic carbocycles. The zero-order valence-corrected chi connectivity index (χ0v) is 14.5. The van der Waals surface area contributed by atoms with Gasteiger partial charge in [-0.1, -0.05) is 6.07 Å². The number of imide groups is 4. The molecule has 11 nitrogen and oxygen atoms in total. The molecule has 2 aliphatic rings. The molecule has 1 aromatic heterocycles. The van der Waals surface area contributed by atoms with Gasteiger partial charge < -0.3 is 4.98 Å². The highest BCUT2D eigenvalue weighted by Gasteiger charge is 2.32. The lowest BCUT2D eigenvalue weighted by Gasteiger charge is -2.13. The molecule has 5 N–H and O–H groups in total. The summed E-state index contributed by atoms with van der Waals surface area (Å²) >= 11 is 4.23. The molecule has 2 aromatic rings. The summed E-state index contributed by atoms with van der Waals surface area (Å²) in [5.41, 5.74) is -0.820. The fraction of sp³-hybridized carbons (Fsp3) is 0. The van der Waals surface area contributed by atoms with E-state index in [1.54, 1.807) is 6.07 Å². The smallest absolute Gasteiger partial charge is 0.328 e. The van der Waals surface area contributed by atoms with Crippen LogP contribution in [0.1, 0.15) is 0 Å². The zero-order valence-electron chi connectivity index (χ0n) is 13.6. The number of benzene rings is 1. The van der Waals surface area contributed by atoms with E-state index in [2.05, 4.69) is 17.6 Å². The van der Waals surface area contributed by atoms with Gasteiger partial charge >= 0.3 is 12.1 Å². The molecule has 12 heteroatoms. The van der Waals surface area contributed by atoms with Crippen LogP contribution < -0.4 is 32.0 Å². The van der Waals surface area contributed by atoms with Crippen LogP contribution in [0.5, 0.6) is 0 Å². The molecule has 4 rings (SSSR count). The third kappa shape index (κ3) is 2.63. The number of H-pyrrole nitrogens is 1. The first kappa shape index (κ1) is 17.5. The van der Waals surface area contributed by atoms with Gasteiger partial charge in [0.25, 0.3) is 23.6 Å². The van der Waals surface area contributed by atoms with Gasteiger partial charge in [0.15, 0.2) is 0 Å². The Hall–Kier alpha value is -3.93. The number of rotatable bonds is 0. The molecule has 28 heavy (non-hydrogen) atoms. The van der Waals surface area contributed by atoms with Gasteiger partial charge in [0.1, 0.15) is 11.1 Å². The van der Waals surface area contributed by atoms with E-state index in [1.165, 1.54) is 12.1 Å². The predicted molar refractivity (Wildman–Crippen MR) is 95.0 cm³/mol. The summed E-state index contributed by atoms with van der Waals surface area (Å²) in [4.78, 5) is 74.7. The van der Waals surface area contributed by atoms with E-state index >= 15 is 0 Å². The van der Waals surface area contributed by atoms with Crippen molar-refractivity contribution in [2.45, 2.75) is 4.90 Å². The molecule has 2 aliphatic heterocycles. The van der Waals surface area contributed by atoms with Crippen LogP contribution in [-0.4, -0.2) is 40.7 Å². The minimum Gasteiger partial charge on any atom is -0.353 e. The second-order valence-electron chi connectivity index (χ2n) is 5.83. The number of nitrogens with one attached hydrogen (secondary N) is 5. The fourth-order valence-electron chi connectivity index (χ4n) is 3.00. The zero-order chi connectivity index (χ0) is 20.2. The lowest BCUT2D eigenvalue weighted by atomic mass is 10.1. The Morgan fingerprint density at radius 2 is 1.04 bits per heavy atom. The Labute approximate surface area is 159 Å². The van der Waals surface area contributed by atoms with Crippen LogP contribution in [0.3, 0.4) is 0 Å². The summed E-state index contributed by atoms with van der Waals surface area (Å²) in [6.07, 6.45) is 0. The van der Waals surface area contributed by atoms with E-state index in [9.17, 15) is 28.8 Å². The molecule has 3 heterocycles. The molecular weight excluding hydrogens is 390 g/mol. The highest BCUT2D eigenvalue weighted by molar-refractivity contribution is 7.80. The van der Waals surface area contributed by atoms with Gasteiger partial charge in [-0.3, -0.25) is 40.4 Å². The minimum atomic E-state index is -0.969. The quantitative estimate of drug-likeness (QED) is 0.268. The molecule has 0 unspecified atom stereocenters. The highest BCUT2D eigenvalue weighted by atomic mass is 32.1. The Morgan fingerprint density at radius 3 is 1.50 bits per heavy atom. The number of thiol groups is 1. The van der Waals surface area contributed by atoms with Crippen LogP contribution >= 0.6 is 12.6 Å². The first-order valence-corrected chi connectivity index (χ1v) is 8.13. The highest BCUT2D eigenvalue weighted by Crippen LogP contribution is 2.15. The summed E-state index contributed by atoms with van der Waals surface area (Å²) in [5, 5.41) is 8.42. The molecule has 0 atom stereocenters. The van der Waals surface area contributed by atoms with Gasteiger partial charge in [0.05, 0.1) is 10.7 Å². The first-order valence-electron chi connectivity index (χ1n) is 7.69. The van der Waals surface area contributed by atoms with Gasteiger partial charge in [-0.25, -0.2) is 9.59 Å². The van der Waals surface area contributed by atoms with Crippen LogP contribution in [-0.2, 0) is 19.2 Å². The van der Waals surface area contributed by atoms with Crippen molar-refractivity contribution in [2.24, 2.45) is 0 Å². The maximum Gasteiger partial charge on any atom is 0.328 e. The molecule has 2 saturated heterocycles. The molecular formula is C16H9N5O6S. The van der Waals surface area contributed by atoms with E-state index in [0.717, 1.165) is 0 Å². The van der Waals surface area contributed by atoms with Crippen molar-refractivity contribution in [3.8, 4) is 0 Å². The Kier molecular flexibility index (Phi) is 3.78. The van der Waals surface area contributed by atoms with Gasteiger partial charge in [-0.05, 0) is 12.1 Å². The third-order valence-corrected chi connectivity index (χ3v) is 4.39. The molecule has 0 radical (unpaired) electrons. The van der Waals surface area contributed by atoms with Crippen molar-refractivity contribution < 1.29 is 28.8 Å². The average Bonchev–Trinajstić information content (AvgIpc) is 2.91. The van der Waals surface area contributed by atoms with Crippen molar-refractivity contribution in [1.82, 2.24) is 26.3 Å². The van der Waals surface area contributed by atoms with Crippen LogP contribution in [0.2, 0.25) is 0 Å². The number of fused-ring (bicyclic) bond motifs is 1. The number of barbiturate groups is 2. The topological polar surface area (TPSA) is 166 Å². The predicted octanol–water partition coefficient (Wildman–Crippen LogP) is -2.51. The number of aromatic amines is 1. The Bertz CT molecular complexity index is 1250.